The molecule has 0 radical (unpaired) electrons. The molecule has 0 aromatic rings. The van der Waals surface area contributed by atoms with Crippen LogP contribution in [0, 0.1) is 0 Å². The highest BCUT2D eigenvalue weighted by molar-refractivity contribution is 7.18. The van der Waals surface area contributed by atoms with Crippen molar-refractivity contribution in [1.82, 2.24) is 0 Å². The largest absolute Gasteiger partial charge is 0.361 e. The average Bonchev–Trinajstić information content (AvgIpc) is 1.64. The molecule has 0 saturated heterocycles. The molecule has 0 bridgehead atoms. The highest BCUT2D eigenvalue weighted by Crippen LogP contribution is 2.25. The number of rotatable bonds is 2. The molecule has 0 aromatic heterocycles. The first-order chi connectivity index (χ1) is 3.81. The molecule has 0 spiro atoms. The molecule has 6 heteroatoms. The molecule has 64 valence electrons. The first-order valence-electron chi connectivity index (χ1n) is 2.49. The van der Waals surface area contributed by atoms with Gasteiger partial charge < -0.3 is 20.4 Å². The van der Waals surface area contributed by atoms with Crippen LogP contribution < -0.4 is 0 Å². The maximum Gasteiger partial charge on any atom is 0.231 e. The summed E-state index contributed by atoms with van der Waals surface area (Å²) in [6.07, 6.45) is -0.149. The highest BCUT2D eigenvalue weighted by atomic mass is 35.5. The Morgan fingerprint density at radius 2 is 1.50 bits per heavy atom. The average molecular weight is 191 g/mol. The molecule has 0 amide bonds. The van der Waals surface area contributed by atoms with E-state index in [9.17, 15) is 0 Å². The van der Waals surface area contributed by atoms with Crippen LogP contribution in [0.15, 0.2) is 0 Å². The van der Waals surface area contributed by atoms with E-state index in [0.717, 1.165) is 0 Å². The van der Waals surface area contributed by atoms with Gasteiger partial charge >= 0.3 is 0 Å². The van der Waals surface area contributed by atoms with Gasteiger partial charge in [-0.3, -0.25) is 0 Å². The van der Waals surface area contributed by atoms with Crippen molar-refractivity contribution in [2.24, 2.45) is 0 Å². The SMILES string of the molecule is CCC(O)(O)C(O)(O)P.Cl. The predicted molar refractivity (Wildman–Crippen MR) is 41.6 cm³/mol. The van der Waals surface area contributed by atoms with Gasteiger partial charge in [0.1, 0.15) is 0 Å². The zero-order chi connectivity index (χ0) is 7.71. The summed E-state index contributed by atoms with van der Waals surface area (Å²) >= 11 is 0. The van der Waals surface area contributed by atoms with Crippen molar-refractivity contribution < 1.29 is 20.4 Å². The third kappa shape index (κ3) is 3.10. The molecule has 0 saturated carbocycles. The van der Waals surface area contributed by atoms with E-state index in [0.29, 0.717) is 0 Å². The van der Waals surface area contributed by atoms with Gasteiger partial charge in [0, 0.05) is 6.42 Å². The lowest BCUT2D eigenvalue weighted by Gasteiger charge is -2.30. The van der Waals surface area contributed by atoms with Gasteiger partial charge in [0.25, 0.3) is 0 Å². The minimum atomic E-state index is -2.53. The van der Waals surface area contributed by atoms with Gasteiger partial charge in [-0.2, -0.15) is 0 Å². The summed E-state index contributed by atoms with van der Waals surface area (Å²) in [4.78, 5) is 0. The number of hydrogen-bond acceptors (Lipinski definition) is 4. The van der Waals surface area contributed by atoms with E-state index in [1.807, 2.05) is 0 Å². The summed E-state index contributed by atoms with van der Waals surface area (Å²) in [5, 5.41) is 34.5. The van der Waals surface area contributed by atoms with E-state index in [-0.39, 0.29) is 18.8 Å². The zero-order valence-corrected chi connectivity index (χ0v) is 7.45. The molecule has 0 aromatic carbocycles. The fraction of sp³-hybridized carbons (Fsp3) is 1.00. The summed E-state index contributed by atoms with van der Waals surface area (Å²) < 4.78 is 0. The molecule has 1 unspecified atom stereocenters. The van der Waals surface area contributed by atoms with Crippen LogP contribution in [-0.2, 0) is 0 Å². The third-order valence-electron chi connectivity index (χ3n) is 1.08. The molecule has 0 aliphatic rings. The maximum absolute atomic E-state index is 8.69. The van der Waals surface area contributed by atoms with E-state index in [2.05, 4.69) is 0 Å². The van der Waals surface area contributed by atoms with Crippen molar-refractivity contribution in [3.63, 3.8) is 0 Å². The second-order valence-electron chi connectivity index (χ2n) is 1.90. The maximum atomic E-state index is 8.69. The van der Waals surface area contributed by atoms with Crippen molar-refractivity contribution in [2.45, 2.75) is 24.7 Å². The molecule has 0 aliphatic carbocycles. The summed E-state index contributed by atoms with van der Waals surface area (Å²) in [5.74, 6) is -2.45. The molecule has 4 N–H and O–H groups in total. The zero-order valence-electron chi connectivity index (χ0n) is 5.48. The summed E-state index contributed by atoms with van der Waals surface area (Å²) in [6, 6.07) is 0. The number of hydrogen-bond donors (Lipinski definition) is 4. The third-order valence-corrected chi connectivity index (χ3v) is 1.54. The summed E-state index contributed by atoms with van der Waals surface area (Å²) in [7, 11) is 1.52. The number of aliphatic hydroxyl groups is 4. The summed E-state index contributed by atoms with van der Waals surface area (Å²) in [6.45, 7) is 1.42. The molecule has 4 nitrogen and oxygen atoms in total. The van der Waals surface area contributed by atoms with Gasteiger partial charge in [-0.15, -0.1) is 12.4 Å². The van der Waals surface area contributed by atoms with Gasteiger partial charge in [0.05, 0.1) is 0 Å². The topological polar surface area (TPSA) is 80.9 Å². The lowest BCUT2D eigenvalue weighted by Crippen LogP contribution is -2.49. The minimum Gasteiger partial charge on any atom is -0.361 e. The predicted octanol–water partition coefficient (Wildman–Crippen LogP) is -0.987. The first-order valence-corrected chi connectivity index (χ1v) is 3.07. The monoisotopic (exact) mass is 190 g/mol. The van der Waals surface area contributed by atoms with Crippen LogP contribution in [0.5, 0.6) is 0 Å². The Morgan fingerprint density at radius 1 is 1.20 bits per heavy atom. The molecular weight excluding hydrogens is 178 g/mol. The first kappa shape index (κ1) is 13.2. The molecular formula is C4H12ClO4P. The van der Waals surface area contributed by atoms with Crippen molar-refractivity contribution in [2.75, 3.05) is 0 Å². The lowest BCUT2D eigenvalue weighted by atomic mass is 10.2. The Kier molecular flexibility index (Phi) is 5.02. The van der Waals surface area contributed by atoms with Gasteiger partial charge in [-0.25, -0.2) is 0 Å². The molecule has 0 fully saturated rings. The van der Waals surface area contributed by atoms with Crippen LogP contribution in [0.25, 0.3) is 0 Å². The van der Waals surface area contributed by atoms with Crippen molar-refractivity contribution >= 4 is 21.6 Å². The molecule has 0 aliphatic heterocycles. The normalized spacial score (nSPS) is 12.6. The van der Waals surface area contributed by atoms with Gasteiger partial charge in [-0.05, 0) is 0 Å². The quantitative estimate of drug-likeness (QED) is 0.333. The van der Waals surface area contributed by atoms with Crippen molar-refractivity contribution in [3.05, 3.63) is 0 Å². The Labute approximate surface area is 67.5 Å². The molecule has 1 atom stereocenters. The second-order valence-corrected chi connectivity index (χ2v) is 2.70. The Balaban J connectivity index is 0. The fourth-order valence-corrected chi connectivity index (χ4v) is 0.464. The minimum absolute atomic E-state index is 0. The summed E-state index contributed by atoms with van der Waals surface area (Å²) in [5.41, 5.74) is -2.53. The van der Waals surface area contributed by atoms with E-state index in [1.165, 1.54) is 16.2 Å². The Bertz CT molecular complexity index is 99.9. The van der Waals surface area contributed by atoms with Gasteiger partial charge in [0.15, 0.2) is 0 Å². The van der Waals surface area contributed by atoms with Crippen LogP contribution in [0.2, 0.25) is 0 Å². The smallest absolute Gasteiger partial charge is 0.231 e. The lowest BCUT2D eigenvalue weighted by molar-refractivity contribution is -0.311. The van der Waals surface area contributed by atoms with Crippen LogP contribution in [0.1, 0.15) is 13.3 Å². The fourth-order valence-electron chi connectivity index (χ4n) is 0.260. The van der Waals surface area contributed by atoms with E-state index in [1.54, 1.807) is 0 Å². The van der Waals surface area contributed by atoms with Crippen molar-refractivity contribution in [1.29, 1.82) is 0 Å². The Morgan fingerprint density at radius 3 is 1.50 bits per heavy atom. The molecule has 10 heavy (non-hydrogen) atoms. The Hall–Kier alpha value is 0.560. The van der Waals surface area contributed by atoms with E-state index in [4.69, 9.17) is 20.4 Å². The van der Waals surface area contributed by atoms with E-state index < -0.39 is 11.3 Å². The second kappa shape index (κ2) is 3.81. The van der Waals surface area contributed by atoms with E-state index >= 15 is 0 Å². The number of halogens is 1. The van der Waals surface area contributed by atoms with Gasteiger partial charge in [-0.1, -0.05) is 16.2 Å². The highest BCUT2D eigenvalue weighted by Gasteiger charge is 2.41. The van der Waals surface area contributed by atoms with Crippen LogP contribution in [0.3, 0.4) is 0 Å². The van der Waals surface area contributed by atoms with Crippen LogP contribution in [-0.4, -0.2) is 31.7 Å². The van der Waals surface area contributed by atoms with Gasteiger partial charge in [0.2, 0.25) is 11.3 Å². The van der Waals surface area contributed by atoms with Crippen molar-refractivity contribution in [3.8, 4) is 0 Å². The standard InChI is InChI=1S/C4H11O4P.ClH/c1-2-3(5,6)4(7,8)9;/h5-8H,2,9H2,1H3;1H. The molecule has 0 heterocycles. The van der Waals surface area contributed by atoms with Crippen LogP contribution in [0.4, 0.5) is 0 Å². The molecule has 0 rings (SSSR count). The van der Waals surface area contributed by atoms with Crippen LogP contribution >= 0.6 is 21.6 Å².